The number of methoxy groups -OCH3 is 2. The Morgan fingerprint density at radius 1 is 1.12 bits per heavy atom. The van der Waals surface area contributed by atoms with Crippen molar-refractivity contribution in [2.24, 2.45) is 0 Å². The molecule has 2 aliphatic rings. The van der Waals surface area contributed by atoms with Crippen LogP contribution in [0.15, 0.2) is 24.3 Å². The fraction of sp³-hybridized carbons (Fsp3) is 0.577. The summed E-state index contributed by atoms with van der Waals surface area (Å²) in [5.41, 5.74) is 0.387. The highest BCUT2D eigenvalue weighted by atomic mass is 16.5. The molecule has 8 heteroatoms. The van der Waals surface area contributed by atoms with Crippen LogP contribution >= 0.6 is 0 Å². The van der Waals surface area contributed by atoms with Crippen LogP contribution in [0.5, 0.6) is 11.5 Å². The molecule has 2 heterocycles. The second-order valence-corrected chi connectivity index (χ2v) is 10.6. The quantitative estimate of drug-likeness (QED) is 0.715. The third kappa shape index (κ3) is 4.26. The summed E-state index contributed by atoms with van der Waals surface area (Å²) in [6.07, 6.45) is 5.33. The van der Waals surface area contributed by atoms with Gasteiger partial charge in [0, 0.05) is 17.5 Å². The highest BCUT2D eigenvalue weighted by molar-refractivity contribution is 6.12. The average molecular weight is 469 g/mol. The molecule has 1 aromatic carbocycles. The molecule has 1 fully saturated rings. The first-order chi connectivity index (χ1) is 16.1. The molecule has 0 unspecified atom stereocenters. The normalized spacial score (nSPS) is 21.2. The van der Waals surface area contributed by atoms with Crippen molar-refractivity contribution in [3.63, 3.8) is 0 Å². The molecule has 0 bridgehead atoms. The number of anilines is 1. The monoisotopic (exact) mass is 468 g/mol. The minimum absolute atomic E-state index is 0.122. The number of hydrogen-bond donors (Lipinski definition) is 1. The van der Waals surface area contributed by atoms with E-state index in [1.807, 2.05) is 13.0 Å². The Morgan fingerprint density at radius 2 is 1.82 bits per heavy atom. The minimum atomic E-state index is -1.19. The van der Waals surface area contributed by atoms with Crippen LogP contribution in [-0.2, 0) is 16.8 Å². The topological polar surface area (TPSA) is 85.7 Å². The lowest BCUT2D eigenvalue weighted by atomic mass is 9.90. The van der Waals surface area contributed by atoms with Gasteiger partial charge < -0.3 is 14.8 Å². The van der Waals surface area contributed by atoms with E-state index in [1.54, 1.807) is 42.0 Å². The van der Waals surface area contributed by atoms with Crippen molar-refractivity contribution < 1.29 is 19.1 Å². The van der Waals surface area contributed by atoms with Crippen molar-refractivity contribution in [2.45, 2.75) is 83.3 Å². The average Bonchev–Trinajstić information content (AvgIpc) is 3.24. The second-order valence-electron chi connectivity index (χ2n) is 10.6. The summed E-state index contributed by atoms with van der Waals surface area (Å²) >= 11 is 0. The molecular weight excluding hydrogens is 432 g/mol. The zero-order chi connectivity index (χ0) is 24.7. The summed E-state index contributed by atoms with van der Waals surface area (Å²) in [6, 6.07) is 7.24. The molecule has 1 atom stereocenters. The van der Waals surface area contributed by atoms with Crippen LogP contribution in [-0.4, -0.2) is 47.4 Å². The van der Waals surface area contributed by atoms with Gasteiger partial charge in [0.05, 0.1) is 32.1 Å². The van der Waals surface area contributed by atoms with E-state index < -0.39 is 5.54 Å². The summed E-state index contributed by atoms with van der Waals surface area (Å²) in [5.74, 6) is 0.620. The van der Waals surface area contributed by atoms with Crippen LogP contribution in [0.3, 0.4) is 0 Å². The number of hydrogen-bond acceptors (Lipinski definition) is 5. The fourth-order valence-electron chi connectivity index (χ4n) is 4.88. The number of carbonyl (C=O) groups excluding carboxylic acids is 2. The summed E-state index contributed by atoms with van der Waals surface area (Å²) in [6.45, 7) is 8.24. The van der Waals surface area contributed by atoms with Crippen molar-refractivity contribution in [2.75, 3.05) is 19.1 Å². The highest BCUT2D eigenvalue weighted by Gasteiger charge is 2.50. The van der Waals surface area contributed by atoms with Gasteiger partial charge in [0.1, 0.15) is 22.7 Å². The van der Waals surface area contributed by atoms with Gasteiger partial charge in [-0.3, -0.25) is 19.2 Å². The SMILES string of the molecule is COc1ccc(N2C(=O)c3cc(C(C)(C)C)nn3C[C@@]2(C)C(=O)NC2CCCCC2)c(OC)c1. The van der Waals surface area contributed by atoms with E-state index in [9.17, 15) is 9.59 Å². The Hall–Kier alpha value is -3.03. The van der Waals surface area contributed by atoms with E-state index in [0.717, 1.165) is 31.4 Å². The van der Waals surface area contributed by atoms with Crippen LogP contribution < -0.4 is 19.7 Å². The number of aromatic nitrogens is 2. The van der Waals surface area contributed by atoms with Gasteiger partial charge in [-0.15, -0.1) is 0 Å². The zero-order valence-electron chi connectivity index (χ0n) is 21.1. The Morgan fingerprint density at radius 3 is 2.44 bits per heavy atom. The maximum atomic E-state index is 14.0. The number of ether oxygens (including phenoxy) is 2. The lowest BCUT2D eigenvalue weighted by molar-refractivity contribution is -0.127. The minimum Gasteiger partial charge on any atom is -0.497 e. The second kappa shape index (κ2) is 8.96. The van der Waals surface area contributed by atoms with Crippen molar-refractivity contribution >= 4 is 17.5 Å². The van der Waals surface area contributed by atoms with Crippen molar-refractivity contribution in [1.82, 2.24) is 15.1 Å². The lowest BCUT2D eigenvalue weighted by Gasteiger charge is -2.44. The van der Waals surface area contributed by atoms with Crippen LogP contribution in [0.4, 0.5) is 5.69 Å². The van der Waals surface area contributed by atoms with Crippen LogP contribution in [0, 0.1) is 0 Å². The molecule has 1 aliphatic heterocycles. The number of benzene rings is 1. The number of nitrogens with zero attached hydrogens (tertiary/aromatic N) is 3. The summed E-state index contributed by atoms with van der Waals surface area (Å²) in [4.78, 5) is 29.4. The molecule has 1 saturated carbocycles. The molecule has 4 rings (SSSR count). The smallest absolute Gasteiger partial charge is 0.277 e. The lowest BCUT2D eigenvalue weighted by Crippen LogP contribution is -2.65. The third-order valence-electron chi connectivity index (χ3n) is 6.98. The molecule has 8 nitrogen and oxygen atoms in total. The largest absolute Gasteiger partial charge is 0.497 e. The van der Waals surface area contributed by atoms with Gasteiger partial charge in [0.25, 0.3) is 5.91 Å². The van der Waals surface area contributed by atoms with Gasteiger partial charge in [0.15, 0.2) is 0 Å². The summed E-state index contributed by atoms with van der Waals surface area (Å²) in [7, 11) is 3.13. The molecular formula is C26H36N4O4. The van der Waals surface area contributed by atoms with Crippen LogP contribution in [0.1, 0.15) is 76.0 Å². The fourth-order valence-corrected chi connectivity index (χ4v) is 4.88. The van der Waals surface area contributed by atoms with E-state index in [4.69, 9.17) is 14.6 Å². The van der Waals surface area contributed by atoms with Crippen molar-refractivity contribution in [1.29, 1.82) is 0 Å². The van der Waals surface area contributed by atoms with E-state index in [0.29, 0.717) is 22.9 Å². The van der Waals surface area contributed by atoms with E-state index in [2.05, 4.69) is 26.1 Å². The Balaban J connectivity index is 1.82. The number of carbonyl (C=O) groups is 2. The van der Waals surface area contributed by atoms with Crippen molar-refractivity contribution in [3.8, 4) is 11.5 Å². The van der Waals surface area contributed by atoms with Crippen LogP contribution in [0.2, 0.25) is 0 Å². The van der Waals surface area contributed by atoms with Gasteiger partial charge in [-0.2, -0.15) is 5.10 Å². The standard InChI is InChI=1S/C26H36N4O4/c1-25(2,3)22-15-20-23(31)30(19-13-12-18(33-5)14-21(19)34-6)26(4,16-29(20)28-22)24(32)27-17-10-8-7-9-11-17/h12-15,17H,7-11,16H2,1-6H3,(H,27,32)/t26-/m0/s1. The summed E-state index contributed by atoms with van der Waals surface area (Å²) < 4.78 is 12.7. The molecule has 0 spiro atoms. The molecule has 2 aromatic rings. The summed E-state index contributed by atoms with van der Waals surface area (Å²) in [5, 5.41) is 7.97. The number of rotatable bonds is 5. The Bertz CT molecular complexity index is 1080. The molecule has 184 valence electrons. The zero-order valence-corrected chi connectivity index (χ0v) is 21.1. The molecule has 1 aliphatic carbocycles. The van der Waals surface area contributed by atoms with Gasteiger partial charge in [-0.1, -0.05) is 40.0 Å². The molecule has 0 saturated heterocycles. The first-order valence-corrected chi connectivity index (χ1v) is 12.0. The maximum Gasteiger partial charge on any atom is 0.277 e. The molecule has 0 radical (unpaired) electrons. The first kappa shape index (κ1) is 24.1. The predicted molar refractivity (Wildman–Crippen MR) is 131 cm³/mol. The van der Waals surface area contributed by atoms with Crippen LogP contribution in [0.25, 0.3) is 0 Å². The first-order valence-electron chi connectivity index (χ1n) is 12.0. The van der Waals surface area contributed by atoms with E-state index in [-0.39, 0.29) is 29.8 Å². The highest BCUT2D eigenvalue weighted by Crippen LogP contribution is 2.40. The number of fused-ring (bicyclic) bond motifs is 1. The van der Waals surface area contributed by atoms with Crippen molar-refractivity contribution in [3.05, 3.63) is 35.7 Å². The maximum absolute atomic E-state index is 14.0. The number of nitrogens with one attached hydrogen (secondary N) is 1. The van der Waals surface area contributed by atoms with Gasteiger partial charge in [-0.25, -0.2) is 0 Å². The third-order valence-corrected chi connectivity index (χ3v) is 6.98. The Kier molecular flexibility index (Phi) is 6.36. The van der Waals surface area contributed by atoms with Gasteiger partial charge in [-0.05, 0) is 38.0 Å². The predicted octanol–water partition coefficient (Wildman–Crippen LogP) is 4.07. The number of amides is 2. The molecule has 1 N–H and O–H groups in total. The van der Waals surface area contributed by atoms with Gasteiger partial charge in [0.2, 0.25) is 5.91 Å². The van der Waals surface area contributed by atoms with Gasteiger partial charge >= 0.3 is 0 Å². The van der Waals surface area contributed by atoms with E-state index >= 15 is 0 Å². The molecule has 34 heavy (non-hydrogen) atoms. The van der Waals surface area contributed by atoms with E-state index in [1.165, 1.54) is 6.42 Å². The molecule has 2 amide bonds. The molecule has 1 aromatic heterocycles. The Labute approximate surface area is 201 Å².